The maximum absolute atomic E-state index is 13.3. The van der Waals surface area contributed by atoms with E-state index in [9.17, 15) is 9.18 Å². The van der Waals surface area contributed by atoms with Crippen LogP contribution in [-0.2, 0) is 4.74 Å². The van der Waals surface area contributed by atoms with Gasteiger partial charge in [0.1, 0.15) is 5.82 Å². The molecule has 3 rings (SSSR count). The highest BCUT2D eigenvalue weighted by Crippen LogP contribution is 2.17. The largest absolute Gasteiger partial charge is 0.379 e. The number of morpholine rings is 1. The van der Waals surface area contributed by atoms with E-state index in [1.807, 2.05) is 11.0 Å². The number of nitrogens with zero attached hydrogens (tertiary/aromatic N) is 3. The third-order valence-corrected chi connectivity index (χ3v) is 4.55. The number of nitrogens with one attached hydrogen (secondary N) is 1. The second kappa shape index (κ2) is 8.30. The van der Waals surface area contributed by atoms with E-state index >= 15 is 0 Å². The van der Waals surface area contributed by atoms with Gasteiger partial charge in [0.05, 0.1) is 13.2 Å². The number of hydrogen-bond acceptors (Lipinski definition) is 4. The van der Waals surface area contributed by atoms with E-state index in [0.29, 0.717) is 19.6 Å². The molecule has 0 saturated carbocycles. The molecule has 6 nitrogen and oxygen atoms in total. The van der Waals surface area contributed by atoms with Crippen molar-refractivity contribution in [3.8, 4) is 0 Å². The number of urea groups is 1. The molecule has 0 radical (unpaired) electrons. The third-order valence-electron chi connectivity index (χ3n) is 4.55. The van der Waals surface area contributed by atoms with Crippen LogP contribution in [0.4, 0.5) is 14.9 Å². The van der Waals surface area contributed by atoms with Crippen LogP contribution in [0.5, 0.6) is 0 Å². The quantitative estimate of drug-likeness (QED) is 0.891. The molecule has 2 aliphatic heterocycles. The van der Waals surface area contributed by atoms with Crippen molar-refractivity contribution in [1.29, 1.82) is 0 Å². The Labute approximate surface area is 142 Å². The number of hydrogen-bond donors (Lipinski definition) is 1. The Balaban J connectivity index is 1.38. The molecule has 0 atom stereocenters. The van der Waals surface area contributed by atoms with Crippen LogP contribution < -0.4 is 10.2 Å². The molecule has 1 aromatic carbocycles. The van der Waals surface area contributed by atoms with Gasteiger partial charge in [0.25, 0.3) is 0 Å². The Morgan fingerprint density at radius 3 is 2.58 bits per heavy atom. The lowest BCUT2D eigenvalue weighted by molar-refractivity contribution is 0.0386. The van der Waals surface area contributed by atoms with Crippen molar-refractivity contribution in [1.82, 2.24) is 15.1 Å². The molecule has 2 aliphatic rings. The SMILES string of the molecule is O=C(NCCN1CCOCC1)N1CCN(c2cccc(F)c2)CC1. The lowest BCUT2D eigenvalue weighted by Crippen LogP contribution is -2.52. The van der Waals surface area contributed by atoms with Crippen LogP contribution in [0.2, 0.25) is 0 Å². The molecule has 24 heavy (non-hydrogen) atoms. The van der Waals surface area contributed by atoms with Crippen LogP contribution in [0.3, 0.4) is 0 Å². The minimum absolute atomic E-state index is 0.0119. The summed E-state index contributed by atoms with van der Waals surface area (Å²) in [7, 11) is 0. The van der Waals surface area contributed by atoms with Crippen molar-refractivity contribution in [2.24, 2.45) is 0 Å². The highest BCUT2D eigenvalue weighted by Gasteiger charge is 2.21. The van der Waals surface area contributed by atoms with Crippen molar-refractivity contribution >= 4 is 11.7 Å². The van der Waals surface area contributed by atoms with Gasteiger partial charge in [-0.15, -0.1) is 0 Å². The number of rotatable bonds is 4. The van der Waals surface area contributed by atoms with E-state index in [1.54, 1.807) is 6.07 Å². The fourth-order valence-corrected chi connectivity index (χ4v) is 3.10. The zero-order valence-corrected chi connectivity index (χ0v) is 13.9. The van der Waals surface area contributed by atoms with Gasteiger partial charge in [0, 0.05) is 58.0 Å². The molecule has 2 heterocycles. The topological polar surface area (TPSA) is 48.1 Å². The Bertz CT molecular complexity index is 543. The Kier molecular flexibility index (Phi) is 5.87. The average Bonchev–Trinajstić information content (AvgIpc) is 2.63. The minimum atomic E-state index is -0.226. The summed E-state index contributed by atoms with van der Waals surface area (Å²) < 4.78 is 18.6. The molecular formula is C17H25FN4O2. The fraction of sp³-hybridized carbons (Fsp3) is 0.588. The maximum Gasteiger partial charge on any atom is 0.317 e. The van der Waals surface area contributed by atoms with E-state index in [0.717, 1.165) is 51.6 Å². The second-order valence-corrected chi connectivity index (χ2v) is 6.14. The predicted octanol–water partition coefficient (Wildman–Crippen LogP) is 0.990. The first-order valence-corrected chi connectivity index (χ1v) is 8.56. The number of piperazine rings is 1. The van der Waals surface area contributed by atoms with Crippen molar-refractivity contribution in [2.75, 3.05) is 70.5 Å². The van der Waals surface area contributed by atoms with Gasteiger partial charge in [-0.25, -0.2) is 9.18 Å². The summed E-state index contributed by atoms with van der Waals surface area (Å²) >= 11 is 0. The van der Waals surface area contributed by atoms with Gasteiger partial charge in [-0.2, -0.15) is 0 Å². The van der Waals surface area contributed by atoms with Gasteiger partial charge in [-0.1, -0.05) is 6.07 Å². The van der Waals surface area contributed by atoms with Gasteiger partial charge in [-0.05, 0) is 18.2 Å². The van der Waals surface area contributed by atoms with E-state index < -0.39 is 0 Å². The van der Waals surface area contributed by atoms with Gasteiger partial charge in [0.2, 0.25) is 0 Å². The molecule has 7 heteroatoms. The van der Waals surface area contributed by atoms with E-state index in [2.05, 4.69) is 15.1 Å². The number of amides is 2. The summed E-state index contributed by atoms with van der Waals surface area (Å²) in [6, 6.07) is 6.60. The first-order valence-electron chi connectivity index (χ1n) is 8.56. The van der Waals surface area contributed by atoms with Crippen LogP contribution in [0.15, 0.2) is 24.3 Å². The summed E-state index contributed by atoms with van der Waals surface area (Å²) in [5, 5.41) is 2.99. The molecule has 1 aromatic rings. The number of carbonyl (C=O) groups is 1. The molecule has 0 aliphatic carbocycles. The number of ether oxygens (including phenoxy) is 1. The van der Waals surface area contributed by atoms with Crippen LogP contribution in [0, 0.1) is 5.82 Å². The van der Waals surface area contributed by atoms with Crippen LogP contribution >= 0.6 is 0 Å². The zero-order chi connectivity index (χ0) is 16.8. The summed E-state index contributed by atoms with van der Waals surface area (Å²) in [6.45, 7) is 7.68. The fourth-order valence-electron chi connectivity index (χ4n) is 3.10. The van der Waals surface area contributed by atoms with Gasteiger partial charge in [-0.3, -0.25) is 4.90 Å². The van der Waals surface area contributed by atoms with Crippen LogP contribution in [0.25, 0.3) is 0 Å². The molecular weight excluding hydrogens is 311 g/mol. The number of halogens is 1. The molecule has 1 N–H and O–H groups in total. The van der Waals surface area contributed by atoms with Gasteiger partial charge >= 0.3 is 6.03 Å². The monoisotopic (exact) mass is 336 g/mol. The highest BCUT2D eigenvalue weighted by atomic mass is 19.1. The van der Waals surface area contributed by atoms with Crippen LogP contribution in [-0.4, -0.2) is 81.4 Å². The first kappa shape index (κ1) is 17.0. The number of benzene rings is 1. The summed E-state index contributed by atoms with van der Waals surface area (Å²) in [6.07, 6.45) is 0. The minimum Gasteiger partial charge on any atom is -0.379 e. The van der Waals surface area contributed by atoms with Crippen molar-refractivity contribution < 1.29 is 13.9 Å². The zero-order valence-electron chi connectivity index (χ0n) is 13.9. The Morgan fingerprint density at radius 1 is 1.12 bits per heavy atom. The lowest BCUT2D eigenvalue weighted by Gasteiger charge is -2.36. The maximum atomic E-state index is 13.3. The highest BCUT2D eigenvalue weighted by molar-refractivity contribution is 5.74. The van der Waals surface area contributed by atoms with E-state index in [4.69, 9.17) is 4.74 Å². The van der Waals surface area contributed by atoms with Crippen molar-refractivity contribution in [3.63, 3.8) is 0 Å². The molecule has 2 fully saturated rings. The van der Waals surface area contributed by atoms with E-state index in [-0.39, 0.29) is 11.8 Å². The molecule has 2 saturated heterocycles. The lowest BCUT2D eigenvalue weighted by atomic mass is 10.2. The smallest absolute Gasteiger partial charge is 0.317 e. The van der Waals surface area contributed by atoms with Crippen molar-refractivity contribution in [2.45, 2.75) is 0 Å². The molecule has 2 amide bonds. The first-order chi connectivity index (χ1) is 11.7. The summed E-state index contributed by atoms with van der Waals surface area (Å²) in [5.74, 6) is -0.226. The molecule has 132 valence electrons. The second-order valence-electron chi connectivity index (χ2n) is 6.14. The van der Waals surface area contributed by atoms with Gasteiger partial charge in [0.15, 0.2) is 0 Å². The molecule has 0 aromatic heterocycles. The predicted molar refractivity (Wildman–Crippen MR) is 90.8 cm³/mol. The normalized spacial score (nSPS) is 19.4. The standard InChI is InChI=1S/C17H25FN4O2/c18-15-2-1-3-16(14-15)21-6-8-22(9-7-21)17(23)19-4-5-20-10-12-24-13-11-20/h1-3,14H,4-13H2,(H,19,23). The average molecular weight is 336 g/mol. The summed E-state index contributed by atoms with van der Waals surface area (Å²) in [4.78, 5) is 18.5. The Hall–Kier alpha value is -1.86. The summed E-state index contributed by atoms with van der Waals surface area (Å²) in [5.41, 5.74) is 0.877. The van der Waals surface area contributed by atoms with Gasteiger partial charge < -0.3 is 19.9 Å². The molecule has 0 bridgehead atoms. The molecule has 0 unspecified atom stereocenters. The van der Waals surface area contributed by atoms with Crippen molar-refractivity contribution in [3.05, 3.63) is 30.1 Å². The Morgan fingerprint density at radius 2 is 1.88 bits per heavy atom. The third kappa shape index (κ3) is 4.58. The molecule has 0 spiro atoms. The number of carbonyl (C=O) groups excluding carboxylic acids is 1. The van der Waals surface area contributed by atoms with E-state index in [1.165, 1.54) is 12.1 Å². The number of anilines is 1. The van der Waals surface area contributed by atoms with Crippen LogP contribution in [0.1, 0.15) is 0 Å².